The minimum Gasteiger partial charge on any atom is -0.493 e. The number of carbonyl (C=O) groups excluding carboxylic acids is 1. The average Bonchev–Trinajstić information content (AvgIpc) is 3.07. The highest BCUT2D eigenvalue weighted by molar-refractivity contribution is 7.89. The van der Waals surface area contributed by atoms with Crippen LogP contribution in [0.2, 0.25) is 0 Å². The van der Waals surface area contributed by atoms with E-state index >= 15 is 0 Å². The Morgan fingerprint density at radius 3 is 2.45 bits per heavy atom. The maximum Gasteiger partial charge on any atom is 0.254 e. The molecule has 0 radical (unpaired) electrons. The highest BCUT2D eigenvalue weighted by Gasteiger charge is 2.31. The number of hydrogen-bond acceptors (Lipinski definition) is 6. The molecule has 1 fully saturated rings. The first-order chi connectivity index (χ1) is 15.8. The molecule has 0 N–H and O–H groups in total. The van der Waals surface area contributed by atoms with Gasteiger partial charge in [0.1, 0.15) is 5.75 Å². The monoisotopic (exact) mass is 474 g/mol. The van der Waals surface area contributed by atoms with E-state index in [-0.39, 0.29) is 23.9 Å². The Kier molecular flexibility index (Phi) is 7.09. The van der Waals surface area contributed by atoms with Crippen LogP contribution >= 0.6 is 0 Å². The zero-order valence-electron chi connectivity index (χ0n) is 19.0. The summed E-state index contributed by atoms with van der Waals surface area (Å²) >= 11 is 0. The number of rotatable bonds is 6. The molecule has 0 aliphatic carbocycles. The minimum atomic E-state index is -3.70. The van der Waals surface area contributed by atoms with Gasteiger partial charge in [0.15, 0.2) is 11.5 Å². The standard InChI is InChI=1S/C24H30N2O6S/c1-18(2)17-32-20-6-3-5-19(15-20)24(27)25-9-11-26(12-10-25)33(28,29)21-7-8-22-23(16-21)31-14-4-13-30-22/h3,5-8,15-16,18H,4,9-14,17H2,1-2H3. The average molecular weight is 475 g/mol. The molecule has 33 heavy (non-hydrogen) atoms. The normalized spacial score (nSPS) is 17.0. The third-order valence-corrected chi connectivity index (χ3v) is 7.44. The molecular weight excluding hydrogens is 444 g/mol. The summed E-state index contributed by atoms with van der Waals surface area (Å²) in [5.74, 6) is 1.92. The molecular formula is C24H30N2O6S. The first-order valence-electron chi connectivity index (χ1n) is 11.3. The van der Waals surface area contributed by atoms with E-state index in [1.165, 1.54) is 10.4 Å². The lowest BCUT2D eigenvalue weighted by molar-refractivity contribution is 0.0697. The summed E-state index contributed by atoms with van der Waals surface area (Å²) in [7, 11) is -3.70. The first-order valence-corrected chi connectivity index (χ1v) is 12.7. The van der Waals surface area contributed by atoms with Crippen LogP contribution in [0.15, 0.2) is 47.4 Å². The van der Waals surface area contributed by atoms with Crippen LogP contribution in [-0.4, -0.2) is 69.5 Å². The summed E-state index contributed by atoms with van der Waals surface area (Å²) < 4.78 is 44.7. The van der Waals surface area contributed by atoms with Crippen molar-refractivity contribution in [3.63, 3.8) is 0 Å². The number of hydrogen-bond donors (Lipinski definition) is 0. The van der Waals surface area contributed by atoms with Crippen LogP contribution in [-0.2, 0) is 10.0 Å². The number of nitrogens with zero attached hydrogens (tertiary/aromatic N) is 2. The lowest BCUT2D eigenvalue weighted by Gasteiger charge is -2.34. The van der Waals surface area contributed by atoms with Crippen molar-refractivity contribution in [2.75, 3.05) is 46.0 Å². The van der Waals surface area contributed by atoms with Crippen molar-refractivity contribution in [3.05, 3.63) is 48.0 Å². The van der Waals surface area contributed by atoms with E-state index in [0.717, 1.165) is 6.42 Å². The molecule has 178 valence electrons. The van der Waals surface area contributed by atoms with Gasteiger partial charge in [-0.15, -0.1) is 0 Å². The number of carbonyl (C=O) groups is 1. The molecule has 0 unspecified atom stereocenters. The zero-order valence-corrected chi connectivity index (χ0v) is 19.8. The maximum atomic E-state index is 13.2. The highest BCUT2D eigenvalue weighted by Crippen LogP contribution is 2.33. The van der Waals surface area contributed by atoms with E-state index in [1.54, 1.807) is 35.2 Å². The van der Waals surface area contributed by atoms with Crippen LogP contribution in [0.4, 0.5) is 0 Å². The van der Waals surface area contributed by atoms with E-state index in [1.807, 2.05) is 6.07 Å². The summed E-state index contributed by atoms with van der Waals surface area (Å²) in [6, 6.07) is 11.8. The molecule has 8 nitrogen and oxygen atoms in total. The fraction of sp³-hybridized carbons (Fsp3) is 0.458. The van der Waals surface area contributed by atoms with Gasteiger partial charge in [-0.3, -0.25) is 4.79 Å². The van der Waals surface area contributed by atoms with Crippen molar-refractivity contribution < 1.29 is 27.4 Å². The van der Waals surface area contributed by atoms with E-state index in [2.05, 4.69) is 13.8 Å². The van der Waals surface area contributed by atoms with E-state index in [9.17, 15) is 13.2 Å². The summed E-state index contributed by atoms with van der Waals surface area (Å²) in [6.45, 7) is 6.83. The minimum absolute atomic E-state index is 0.127. The molecule has 9 heteroatoms. The van der Waals surface area contributed by atoms with Crippen LogP contribution < -0.4 is 14.2 Å². The van der Waals surface area contributed by atoms with Crippen LogP contribution in [0, 0.1) is 5.92 Å². The Morgan fingerprint density at radius 1 is 1.00 bits per heavy atom. The van der Waals surface area contributed by atoms with Gasteiger partial charge in [0, 0.05) is 44.2 Å². The van der Waals surface area contributed by atoms with E-state index < -0.39 is 10.0 Å². The van der Waals surface area contributed by atoms with Crippen molar-refractivity contribution in [1.29, 1.82) is 0 Å². The predicted octanol–water partition coefficient (Wildman–Crippen LogP) is 3.03. The van der Waals surface area contributed by atoms with Gasteiger partial charge in [0.2, 0.25) is 10.0 Å². The molecule has 2 heterocycles. The summed E-state index contributed by atoms with van der Waals surface area (Å²) in [5.41, 5.74) is 0.537. The molecule has 2 aliphatic heterocycles. The number of fused-ring (bicyclic) bond motifs is 1. The molecule has 1 saturated heterocycles. The van der Waals surface area contributed by atoms with Crippen LogP contribution in [0.5, 0.6) is 17.2 Å². The fourth-order valence-corrected chi connectivity index (χ4v) is 5.19. The molecule has 0 spiro atoms. The number of sulfonamides is 1. The SMILES string of the molecule is CC(C)COc1cccc(C(=O)N2CCN(S(=O)(=O)c3ccc4c(c3)OCCCO4)CC2)c1. The summed E-state index contributed by atoms with van der Waals surface area (Å²) in [6.07, 6.45) is 0.750. The fourth-order valence-electron chi connectivity index (χ4n) is 3.75. The van der Waals surface area contributed by atoms with E-state index in [4.69, 9.17) is 14.2 Å². The number of piperazine rings is 1. The Balaban J connectivity index is 1.41. The number of amides is 1. The van der Waals surface area contributed by atoms with Gasteiger partial charge in [-0.25, -0.2) is 8.42 Å². The van der Waals surface area contributed by atoms with E-state index in [0.29, 0.717) is 61.6 Å². The van der Waals surface area contributed by atoms with Gasteiger partial charge in [0.25, 0.3) is 5.91 Å². The predicted molar refractivity (Wildman–Crippen MR) is 123 cm³/mol. The molecule has 4 rings (SSSR count). The molecule has 2 aromatic carbocycles. The largest absolute Gasteiger partial charge is 0.493 e. The molecule has 1 amide bonds. The third kappa shape index (κ3) is 5.42. The van der Waals surface area contributed by atoms with Crippen molar-refractivity contribution in [3.8, 4) is 17.2 Å². The van der Waals surface area contributed by atoms with Crippen LogP contribution in [0.25, 0.3) is 0 Å². The lowest BCUT2D eigenvalue weighted by Crippen LogP contribution is -2.50. The van der Waals surface area contributed by atoms with Crippen molar-refractivity contribution in [2.45, 2.75) is 25.2 Å². The maximum absolute atomic E-state index is 13.2. The topological polar surface area (TPSA) is 85.4 Å². The van der Waals surface area contributed by atoms with Crippen molar-refractivity contribution >= 4 is 15.9 Å². The van der Waals surface area contributed by atoms with Gasteiger partial charge in [0.05, 0.1) is 24.7 Å². The van der Waals surface area contributed by atoms with Crippen LogP contribution in [0.1, 0.15) is 30.6 Å². The van der Waals surface area contributed by atoms with Gasteiger partial charge in [-0.05, 0) is 36.2 Å². The second-order valence-corrected chi connectivity index (χ2v) is 10.5. The molecule has 2 aromatic rings. The first kappa shape index (κ1) is 23.4. The molecule has 0 aromatic heterocycles. The second kappa shape index (κ2) is 10.0. The van der Waals surface area contributed by atoms with Crippen molar-refractivity contribution in [1.82, 2.24) is 9.21 Å². The summed E-state index contributed by atoms with van der Waals surface area (Å²) in [4.78, 5) is 14.8. The Hall–Kier alpha value is -2.78. The Morgan fingerprint density at radius 2 is 1.73 bits per heavy atom. The smallest absolute Gasteiger partial charge is 0.254 e. The van der Waals surface area contributed by atoms with Crippen LogP contribution in [0.3, 0.4) is 0 Å². The van der Waals surface area contributed by atoms with Gasteiger partial charge >= 0.3 is 0 Å². The second-order valence-electron chi connectivity index (χ2n) is 8.59. The molecule has 2 aliphatic rings. The quantitative estimate of drug-likeness (QED) is 0.640. The number of benzene rings is 2. The summed E-state index contributed by atoms with van der Waals surface area (Å²) in [5, 5.41) is 0. The van der Waals surface area contributed by atoms with Crippen molar-refractivity contribution in [2.24, 2.45) is 5.92 Å². The molecule has 0 atom stereocenters. The Bertz CT molecular complexity index is 1090. The lowest BCUT2D eigenvalue weighted by atomic mass is 10.1. The third-order valence-electron chi connectivity index (χ3n) is 5.55. The Labute approximate surface area is 195 Å². The van der Waals surface area contributed by atoms with Gasteiger partial charge in [-0.2, -0.15) is 4.31 Å². The molecule has 0 bridgehead atoms. The number of ether oxygens (including phenoxy) is 3. The zero-order chi connectivity index (χ0) is 23.4. The molecule has 0 saturated carbocycles. The highest BCUT2D eigenvalue weighted by atomic mass is 32.2. The van der Waals surface area contributed by atoms with Gasteiger partial charge in [-0.1, -0.05) is 19.9 Å². The van der Waals surface area contributed by atoms with Gasteiger partial charge < -0.3 is 19.1 Å².